The van der Waals surface area contributed by atoms with Crippen LogP contribution in [-0.4, -0.2) is 18.3 Å². The van der Waals surface area contributed by atoms with E-state index in [1.54, 1.807) is 6.07 Å². The topological polar surface area (TPSA) is 41.5 Å². The van der Waals surface area contributed by atoms with Gasteiger partial charge in [0.25, 0.3) is 0 Å². The van der Waals surface area contributed by atoms with Crippen LogP contribution in [0.5, 0.6) is 11.5 Å². The number of hydrogen-bond donors (Lipinski definition) is 2. The third kappa shape index (κ3) is 2.88. The molecular weight excluding hydrogens is 262 g/mol. The third-order valence-corrected chi connectivity index (χ3v) is 4.05. The van der Waals surface area contributed by atoms with E-state index >= 15 is 0 Å². The fourth-order valence-electron chi connectivity index (χ4n) is 2.91. The molecule has 3 nitrogen and oxygen atoms in total. The van der Waals surface area contributed by atoms with Crippen LogP contribution in [0.4, 0.5) is 0 Å². The standard InChI is InChI=1S/C18H21NO2/c1-2-21-17-9-5-7-14(18(17)20)11-19-12-15-10-13-6-3-4-8-16(13)15/h3-9,15,19-20H,2,10-12H2,1H3. The van der Waals surface area contributed by atoms with Crippen LogP contribution < -0.4 is 10.1 Å². The summed E-state index contributed by atoms with van der Waals surface area (Å²) >= 11 is 0. The number of phenolic OH excluding ortho intramolecular Hbond substituents is 1. The predicted molar refractivity (Wildman–Crippen MR) is 83.9 cm³/mol. The molecule has 21 heavy (non-hydrogen) atoms. The number of aromatic hydroxyl groups is 1. The van der Waals surface area contributed by atoms with Gasteiger partial charge in [0, 0.05) is 24.6 Å². The van der Waals surface area contributed by atoms with E-state index in [1.807, 2.05) is 19.1 Å². The van der Waals surface area contributed by atoms with E-state index in [-0.39, 0.29) is 5.75 Å². The molecule has 0 saturated carbocycles. The maximum absolute atomic E-state index is 10.1. The molecule has 110 valence electrons. The molecule has 2 aromatic rings. The molecule has 2 aromatic carbocycles. The Balaban J connectivity index is 1.56. The van der Waals surface area contributed by atoms with Crippen molar-refractivity contribution in [1.29, 1.82) is 0 Å². The van der Waals surface area contributed by atoms with Gasteiger partial charge in [-0.1, -0.05) is 36.4 Å². The SMILES string of the molecule is CCOc1cccc(CNCC2Cc3ccccc32)c1O. The molecule has 0 aliphatic heterocycles. The second kappa shape index (κ2) is 6.19. The Morgan fingerprint density at radius 1 is 1.19 bits per heavy atom. The summed E-state index contributed by atoms with van der Waals surface area (Å²) in [5.74, 6) is 1.41. The summed E-state index contributed by atoms with van der Waals surface area (Å²) in [6, 6.07) is 14.2. The molecule has 0 heterocycles. The average Bonchev–Trinajstić information content (AvgIpc) is 2.47. The van der Waals surface area contributed by atoms with Crippen molar-refractivity contribution in [2.24, 2.45) is 0 Å². The van der Waals surface area contributed by atoms with Gasteiger partial charge in [-0.2, -0.15) is 0 Å². The molecule has 0 saturated heterocycles. The maximum atomic E-state index is 10.1. The van der Waals surface area contributed by atoms with Crippen molar-refractivity contribution < 1.29 is 9.84 Å². The molecule has 0 radical (unpaired) electrons. The van der Waals surface area contributed by atoms with E-state index in [4.69, 9.17) is 4.74 Å². The fraction of sp³-hybridized carbons (Fsp3) is 0.333. The number of hydrogen-bond acceptors (Lipinski definition) is 3. The molecule has 0 aromatic heterocycles. The van der Waals surface area contributed by atoms with E-state index in [9.17, 15) is 5.11 Å². The Bertz CT molecular complexity index is 624. The smallest absolute Gasteiger partial charge is 0.162 e. The van der Waals surface area contributed by atoms with Gasteiger partial charge in [0.05, 0.1) is 6.61 Å². The Morgan fingerprint density at radius 2 is 2.05 bits per heavy atom. The molecule has 0 spiro atoms. The van der Waals surface area contributed by atoms with Gasteiger partial charge in [-0.15, -0.1) is 0 Å². The molecule has 0 amide bonds. The zero-order valence-electron chi connectivity index (χ0n) is 12.3. The van der Waals surface area contributed by atoms with Gasteiger partial charge >= 0.3 is 0 Å². The summed E-state index contributed by atoms with van der Waals surface area (Å²) < 4.78 is 5.41. The summed E-state index contributed by atoms with van der Waals surface area (Å²) in [6.07, 6.45) is 1.15. The molecule has 3 heteroatoms. The average molecular weight is 283 g/mol. The van der Waals surface area contributed by atoms with E-state index in [0.29, 0.717) is 24.8 Å². The first-order chi connectivity index (χ1) is 10.3. The largest absolute Gasteiger partial charge is 0.504 e. The molecule has 0 fully saturated rings. The highest BCUT2D eigenvalue weighted by atomic mass is 16.5. The monoisotopic (exact) mass is 283 g/mol. The molecule has 3 rings (SSSR count). The van der Waals surface area contributed by atoms with Gasteiger partial charge < -0.3 is 15.2 Å². The van der Waals surface area contributed by atoms with Crippen LogP contribution in [0.3, 0.4) is 0 Å². The van der Waals surface area contributed by atoms with Crippen molar-refractivity contribution >= 4 is 0 Å². The van der Waals surface area contributed by atoms with E-state index in [1.165, 1.54) is 11.1 Å². The van der Waals surface area contributed by atoms with Crippen LogP contribution in [0.2, 0.25) is 0 Å². The van der Waals surface area contributed by atoms with E-state index in [0.717, 1.165) is 18.5 Å². The second-order valence-corrected chi connectivity index (χ2v) is 5.43. The van der Waals surface area contributed by atoms with E-state index < -0.39 is 0 Å². The minimum Gasteiger partial charge on any atom is -0.504 e. The van der Waals surface area contributed by atoms with Crippen molar-refractivity contribution in [3.05, 3.63) is 59.2 Å². The lowest BCUT2D eigenvalue weighted by molar-refractivity contribution is 0.316. The number of ether oxygens (including phenoxy) is 1. The Kier molecular flexibility index (Phi) is 4.11. The minimum absolute atomic E-state index is 0.251. The lowest BCUT2D eigenvalue weighted by Crippen LogP contribution is -2.28. The molecule has 1 aliphatic carbocycles. The van der Waals surface area contributed by atoms with Crippen LogP contribution >= 0.6 is 0 Å². The zero-order valence-corrected chi connectivity index (χ0v) is 12.3. The summed E-state index contributed by atoms with van der Waals surface area (Å²) in [5, 5.41) is 13.6. The zero-order chi connectivity index (χ0) is 14.7. The normalized spacial score (nSPS) is 16.1. The summed E-state index contributed by atoms with van der Waals surface area (Å²) in [5.41, 5.74) is 3.80. The van der Waals surface area contributed by atoms with Crippen LogP contribution in [0, 0.1) is 0 Å². The number of rotatable bonds is 6. The number of benzene rings is 2. The number of fused-ring (bicyclic) bond motifs is 1. The second-order valence-electron chi connectivity index (χ2n) is 5.43. The quantitative estimate of drug-likeness (QED) is 0.855. The van der Waals surface area contributed by atoms with Gasteiger partial charge in [0.2, 0.25) is 0 Å². The summed E-state index contributed by atoms with van der Waals surface area (Å²) in [4.78, 5) is 0. The lowest BCUT2D eigenvalue weighted by Gasteiger charge is -2.30. The van der Waals surface area contributed by atoms with Crippen molar-refractivity contribution in [2.45, 2.75) is 25.8 Å². The van der Waals surface area contributed by atoms with Gasteiger partial charge in [-0.05, 0) is 30.5 Å². The van der Waals surface area contributed by atoms with Gasteiger partial charge in [0.15, 0.2) is 11.5 Å². The molecule has 1 aliphatic rings. The number of phenols is 1. The summed E-state index contributed by atoms with van der Waals surface area (Å²) in [6.45, 7) is 4.07. The van der Waals surface area contributed by atoms with Crippen molar-refractivity contribution in [1.82, 2.24) is 5.32 Å². The molecule has 1 unspecified atom stereocenters. The van der Waals surface area contributed by atoms with Crippen LogP contribution in [0.1, 0.15) is 29.5 Å². The number of para-hydroxylation sites is 1. The highest BCUT2D eigenvalue weighted by molar-refractivity contribution is 5.45. The fourth-order valence-corrected chi connectivity index (χ4v) is 2.91. The Hall–Kier alpha value is -2.00. The first-order valence-corrected chi connectivity index (χ1v) is 7.51. The van der Waals surface area contributed by atoms with E-state index in [2.05, 4.69) is 29.6 Å². The predicted octanol–water partition coefficient (Wildman–Crippen LogP) is 3.22. The van der Waals surface area contributed by atoms with Crippen molar-refractivity contribution in [3.8, 4) is 11.5 Å². The third-order valence-electron chi connectivity index (χ3n) is 4.05. The minimum atomic E-state index is 0.251. The highest BCUT2D eigenvalue weighted by Crippen LogP contribution is 2.34. The number of nitrogens with one attached hydrogen (secondary N) is 1. The Labute approximate surface area is 125 Å². The molecule has 2 N–H and O–H groups in total. The first kappa shape index (κ1) is 14.0. The highest BCUT2D eigenvalue weighted by Gasteiger charge is 2.24. The molecule has 1 atom stereocenters. The van der Waals surface area contributed by atoms with Crippen molar-refractivity contribution in [2.75, 3.05) is 13.2 Å². The van der Waals surface area contributed by atoms with Gasteiger partial charge in [-0.3, -0.25) is 0 Å². The van der Waals surface area contributed by atoms with Crippen LogP contribution in [-0.2, 0) is 13.0 Å². The Morgan fingerprint density at radius 3 is 2.86 bits per heavy atom. The van der Waals surface area contributed by atoms with Gasteiger partial charge in [0.1, 0.15) is 0 Å². The lowest BCUT2D eigenvalue weighted by atomic mass is 9.77. The van der Waals surface area contributed by atoms with Crippen molar-refractivity contribution in [3.63, 3.8) is 0 Å². The first-order valence-electron chi connectivity index (χ1n) is 7.51. The summed E-state index contributed by atoms with van der Waals surface area (Å²) in [7, 11) is 0. The van der Waals surface area contributed by atoms with Gasteiger partial charge in [-0.25, -0.2) is 0 Å². The van der Waals surface area contributed by atoms with Crippen LogP contribution in [0.25, 0.3) is 0 Å². The maximum Gasteiger partial charge on any atom is 0.162 e. The molecular formula is C18H21NO2. The van der Waals surface area contributed by atoms with Crippen LogP contribution in [0.15, 0.2) is 42.5 Å². The molecule has 0 bridgehead atoms.